The molecule has 0 unspecified atom stereocenters. The molecule has 2 heterocycles. The molecule has 0 bridgehead atoms. The number of nitrogens with zero attached hydrogens (tertiary/aromatic N) is 4. The van der Waals surface area contributed by atoms with Crippen LogP contribution in [0, 0.1) is 0 Å². The lowest BCUT2D eigenvalue weighted by atomic mass is 10.3. The maximum Gasteiger partial charge on any atom is 0.211 e. The first-order valence-electron chi connectivity index (χ1n) is 6.63. The van der Waals surface area contributed by atoms with E-state index in [2.05, 4.69) is 21.8 Å². The molecule has 1 aromatic heterocycles. The molecule has 112 valence electrons. The van der Waals surface area contributed by atoms with Crippen LogP contribution in [0.25, 0.3) is 0 Å². The Kier molecular flexibility index (Phi) is 4.82. The molecule has 2 rings (SSSR count). The smallest absolute Gasteiger partial charge is 0.211 e. The Morgan fingerprint density at radius 2 is 1.90 bits per heavy atom. The average molecular weight is 319 g/mol. The highest BCUT2D eigenvalue weighted by Crippen LogP contribution is 2.19. The van der Waals surface area contributed by atoms with Crippen molar-refractivity contribution in [1.82, 2.24) is 14.3 Å². The van der Waals surface area contributed by atoms with Gasteiger partial charge in [0.05, 0.1) is 6.26 Å². The van der Waals surface area contributed by atoms with E-state index in [-0.39, 0.29) is 0 Å². The molecule has 0 atom stereocenters. The van der Waals surface area contributed by atoms with Gasteiger partial charge in [-0.2, -0.15) is 4.31 Å². The van der Waals surface area contributed by atoms with E-state index >= 15 is 0 Å². The van der Waals surface area contributed by atoms with E-state index in [1.54, 1.807) is 6.07 Å². The Bertz CT molecular complexity index is 571. The van der Waals surface area contributed by atoms with Crippen molar-refractivity contribution in [3.63, 3.8) is 0 Å². The first-order chi connectivity index (χ1) is 9.40. The summed E-state index contributed by atoms with van der Waals surface area (Å²) in [6.45, 7) is 4.25. The summed E-state index contributed by atoms with van der Waals surface area (Å²) >= 11 is 6.02. The number of hydrogen-bond donors (Lipinski definition) is 0. The van der Waals surface area contributed by atoms with E-state index in [1.807, 2.05) is 0 Å². The SMILES string of the molecule is CCCc1nc(Cl)cc(N2CCN(S(C)(=O)=O)CC2)n1. The fourth-order valence-electron chi connectivity index (χ4n) is 2.20. The minimum atomic E-state index is -3.11. The van der Waals surface area contributed by atoms with Crippen molar-refractivity contribution in [3.8, 4) is 0 Å². The minimum absolute atomic E-state index is 0.434. The van der Waals surface area contributed by atoms with Crippen LogP contribution in [0.4, 0.5) is 5.82 Å². The largest absolute Gasteiger partial charge is 0.354 e. The van der Waals surface area contributed by atoms with E-state index in [1.165, 1.54) is 10.6 Å². The highest BCUT2D eigenvalue weighted by molar-refractivity contribution is 7.88. The summed E-state index contributed by atoms with van der Waals surface area (Å²) in [5, 5.41) is 0.434. The van der Waals surface area contributed by atoms with Crippen LogP contribution in [0.5, 0.6) is 0 Å². The summed E-state index contributed by atoms with van der Waals surface area (Å²) in [6, 6.07) is 1.73. The van der Waals surface area contributed by atoms with Gasteiger partial charge in [0.25, 0.3) is 0 Å². The Morgan fingerprint density at radius 3 is 2.45 bits per heavy atom. The summed E-state index contributed by atoms with van der Waals surface area (Å²) in [6.07, 6.45) is 2.99. The van der Waals surface area contributed by atoms with Crippen LogP contribution in [0.3, 0.4) is 0 Å². The van der Waals surface area contributed by atoms with Gasteiger partial charge in [0, 0.05) is 38.7 Å². The fourth-order valence-corrected chi connectivity index (χ4v) is 3.22. The molecule has 1 aromatic rings. The molecule has 0 radical (unpaired) electrons. The van der Waals surface area contributed by atoms with Crippen LogP contribution in [0.2, 0.25) is 5.15 Å². The molecule has 0 saturated carbocycles. The molecule has 0 N–H and O–H groups in total. The summed E-state index contributed by atoms with van der Waals surface area (Å²) in [5.41, 5.74) is 0. The van der Waals surface area contributed by atoms with Gasteiger partial charge in [-0.3, -0.25) is 0 Å². The second kappa shape index (κ2) is 6.24. The fraction of sp³-hybridized carbons (Fsp3) is 0.667. The molecule has 6 nitrogen and oxygen atoms in total. The van der Waals surface area contributed by atoms with Crippen molar-refractivity contribution < 1.29 is 8.42 Å². The zero-order chi connectivity index (χ0) is 14.8. The number of rotatable bonds is 4. The van der Waals surface area contributed by atoms with Gasteiger partial charge in [-0.15, -0.1) is 0 Å². The number of anilines is 1. The first kappa shape index (κ1) is 15.5. The van der Waals surface area contributed by atoms with Crippen molar-refractivity contribution in [1.29, 1.82) is 0 Å². The van der Waals surface area contributed by atoms with Gasteiger partial charge in [-0.25, -0.2) is 18.4 Å². The Balaban J connectivity index is 2.10. The molecule has 8 heteroatoms. The highest BCUT2D eigenvalue weighted by atomic mass is 35.5. The predicted molar refractivity (Wildman–Crippen MR) is 79.7 cm³/mol. The minimum Gasteiger partial charge on any atom is -0.354 e. The standard InChI is InChI=1S/C12H19ClN4O2S/c1-3-4-11-14-10(13)9-12(15-11)16-5-7-17(8-6-16)20(2,18)19/h9H,3-8H2,1-2H3. The van der Waals surface area contributed by atoms with Gasteiger partial charge in [-0.05, 0) is 6.42 Å². The first-order valence-corrected chi connectivity index (χ1v) is 8.86. The van der Waals surface area contributed by atoms with Crippen LogP contribution in [-0.2, 0) is 16.4 Å². The van der Waals surface area contributed by atoms with E-state index in [0.717, 1.165) is 24.5 Å². The molecule has 0 aliphatic carbocycles. The summed E-state index contributed by atoms with van der Waals surface area (Å²) < 4.78 is 24.5. The van der Waals surface area contributed by atoms with Crippen LogP contribution in [0.15, 0.2) is 6.07 Å². The van der Waals surface area contributed by atoms with Gasteiger partial charge in [0.1, 0.15) is 16.8 Å². The molecule has 1 aliphatic heterocycles. The Morgan fingerprint density at radius 1 is 1.25 bits per heavy atom. The zero-order valence-corrected chi connectivity index (χ0v) is 13.3. The third-order valence-electron chi connectivity index (χ3n) is 3.23. The highest BCUT2D eigenvalue weighted by Gasteiger charge is 2.24. The van der Waals surface area contributed by atoms with Gasteiger partial charge in [-0.1, -0.05) is 18.5 Å². The second-order valence-corrected chi connectivity index (χ2v) is 7.23. The lowest BCUT2D eigenvalue weighted by Crippen LogP contribution is -2.48. The summed E-state index contributed by atoms with van der Waals surface area (Å²) in [7, 11) is -3.11. The number of sulfonamides is 1. The Labute approximate surface area is 124 Å². The maximum absolute atomic E-state index is 11.5. The van der Waals surface area contributed by atoms with Crippen LogP contribution < -0.4 is 4.90 Å². The van der Waals surface area contributed by atoms with Gasteiger partial charge >= 0.3 is 0 Å². The van der Waals surface area contributed by atoms with Crippen LogP contribution in [0.1, 0.15) is 19.2 Å². The van der Waals surface area contributed by atoms with E-state index in [9.17, 15) is 8.42 Å². The molecule has 1 aliphatic rings. The molecule has 20 heavy (non-hydrogen) atoms. The number of aromatic nitrogens is 2. The molecule has 0 aromatic carbocycles. The van der Waals surface area contributed by atoms with Crippen molar-refractivity contribution in [2.75, 3.05) is 37.3 Å². The van der Waals surface area contributed by atoms with Gasteiger partial charge < -0.3 is 4.90 Å². The molecule has 0 amide bonds. The third kappa shape index (κ3) is 3.80. The Hall–Kier alpha value is -0.920. The van der Waals surface area contributed by atoms with E-state index < -0.39 is 10.0 Å². The summed E-state index contributed by atoms with van der Waals surface area (Å²) in [5.74, 6) is 1.52. The number of hydrogen-bond acceptors (Lipinski definition) is 5. The van der Waals surface area contributed by atoms with E-state index in [4.69, 9.17) is 11.6 Å². The molecular weight excluding hydrogens is 300 g/mol. The zero-order valence-electron chi connectivity index (χ0n) is 11.7. The maximum atomic E-state index is 11.5. The quantitative estimate of drug-likeness (QED) is 0.780. The monoisotopic (exact) mass is 318 g/mol. The van der Waals surface area contributed by atoms with Crippen molar-refractivity contribution in [2.45, 2.75) is 19.8 Å². The molecular formula is C12H19ClN4O2S. The van der Waals surface area contributed by atoms with E-state index in [0.29, 0.717) is 31.3 Å². The van der Waals surface area contributed by atoms with Crippen molar-refractivity contribution in [3.05, 3.63) is 17.0 Å². The van der Waals surface area contributed by atoms with Crippen molar-refractivity contribution >= 4 is 27.4 Å². The second-order valence-electron chi connectivity index (χ2n) is 4.86. The molecule has 0 spiro atoms. The van der Waals surface area contributed by atoms with Gasteiger partial charge in [0.15, 0.2) is 0 Å². The molecule has 1 fully saturated rings. The van der Waals surface area contributed by atoms with Crippen LogP contribution in [-0.4, -0.2) is 55.1 Å². The average Bonchev–Trinajstić information content (AvgIpc) is 2.37. The predicted octanol–water partition coefficient (Wildman–Crippen LogP) is 1.16. The lowest BCUT2D eigenvalue weighted by Gasteiger charge is -2.34. The number of piperazine rings is 1. The summed E-state index contributed by atoms with van der Waals surface area (Å²) in [4.78, 5) is 10.7. The van der Waals surface area contributed by atoms with Crippen molar-refractivity contribution in [2.24, 2.45) is 0 Å². The van der Waals surface area contributed by atoms with Gasteiger partial charge in [0.2, 0.25) is 10.0 Å². The number of aryl methyl sites for hydroxylation is 1. The molecule has 1 saturated heterocycles. The topological polar surface area (TPSA) is 66.4 Å². The lowest BCUT2D eigenvalue weighted by molar-refractivity contribution is 0.386. The van der Waals surface area contributed by atoms with Crippen LogP contribution >= 0.6 is 11.6 Å². The number of halogens is 1. The normalized spacial score (nSPS) is 17.4. The third-order valence-corrected chi connectivity index (χ3v) is 4.73.